The fourth-order valence-electron chi connectivity index (χ4n) is 0. The van der Waals surface area contributed by atoms with Crippen molar-refractivity contribution in [1.29, 1.82) is 0 Å². The smallest absolute Gasteiger partial charge is 0 e. The molecule has 0 aliphatic rings. The van der Waals surface area contributed by atoms with Crippen LogP contribution in [0.1, 0.15) is 0 Å². The monoisotopic (exact) mass is 193 g/mol. The van der Waals surface area contributed by atoms with E-state index >= 15 is 0 Å². The van der Waals surface area contributed by atoms with E-state index in [-0.39, 0.29) is 105 Å². The summed E-state index contributed by atoms with van der Waals surface area (Å²) in [5.74, 6) is 0. The van der Waals surface area contributed by atoms with Crippen LogP contribution in [0, 0.1) is 0 Å². The van der Waals surface area contributed by atoms with Crippen LogP contribution < -0.4 is 0 Å². The maximum atomic E-state index is 0. The Morgan fingerprint density at radius 2 is 1.00 bits per heavy atom. The van der Waals surface area contributed by atoms with Gasteiger partial charge in [0.15, 0.2) is 0 Å². The zero-order chi connectivity index (χ0) is 0. The third-order valence-electron chi connectivity index (χ3n) is 0. The number of hydrogen-bond donors (Lipinski definition) is 0. The van der Waals surface area contributed by atoms with Gasteiger partial charge in [-0.25, -0.2) is 0 Å². The van der Waals surface area contributed by atoms with Crippen molar-refractivity contribution in [3.8, 4) is 0 Å². The summed E-state index contributed by atoms with van der Waals surface area (Å²) in [6.07, 6.45) is 0. The Hall–Kier alpha value is 3.31. The molecule has 17 valence electrons. The topological polar surface area (TPSA) is 0 Å². The first-order valence-electron chi connectivity index (χ1n) is 0. The maximum absolute atomic E-state index is 0. The standard InChI is InChI=1S/Al.Cu.K.Zn. The van der Waals surface area contributed by atoms with E-state index in [1.165, 1.54) is 0 Å². The van der Waals surface area contributed by atoms with Crippen molar-refractivity contribution in [2.75, 3.05) is 0 Å². The minimum Gasteiger partial charge on any atom is 0 e. The summed E-state index contributed by atoms with van der Waals surface area (Å²) in [6.45, 7) is 0. The van der Waals surface area contributed by atoms with Crippen molar-refractivity contribution in [2.24, 2.45) is 0 Å². The Labute approximate surface area is 103 Å². The maximum Gasteiger partial charge on any atom is 0 e. The first-order chi connectivity index (χ1) is 0. The van der Waals surface area contributed by atoms with Gasteiger partial charge in [-0.15, -0.1) is 0 Å². The van der Waals surface area contributed by atoms with Gasteiger partial charge in [0, 0.05) is 105 Å². The van der Waals surface area contributed by atoms with Crippen molar-refractivity contribution in [3.63, 3.8) is 0 Å². The molecule has 0 atom stereocenters. The van der Waals surface area contributed by atoms with Crippen molar-refractivity contribution in [2.45, 2.75) is 0 Å². The summed E-state index contributed by atoms with van der Waals surface area (Å²) >= 11 is 0. The molecule has 5 radical (unpaired) electrons. The minimum atomic E-state index is 0. The van der Waals surface area contributed by atoms with Crippen LogP contribution in [0.5, 0.6) is 0 Å². The van der Waals surface area contributed by atoms with Crippen LogP contribution in [0.3, 0.4) is 0 Å². The molecule has 0 rings (SSSR count). The van der Waals surface area contributed by atoms with Crippen molar-refractivity contribution >= 4 is 68.7 Å². The largest absolute Gasteiger partial charge is 0 e. The van der Waals surface area contributed by atoms with E-state index in [4.69, 9.17) is 0 Å². The molecule has 4 heteroatoms. The van der Waals surface area contributed by atoms with Gasteiger partial charge < -0.3 is 0 Å². The van der Waals surface area contributed by atoms with Crippen LogP contribution in [-0.4, -0.2) is 68.7 Å². The summed E-state index contributed by atoms with van der Waals surface area (Å²) < 4.78 is 0. The molecule has 0 aliphatic carbocycles. The molecule has 0 saturated heterocycles. The zero-order valence-corrected chi connectivity index (χ0v) is 10.8. The zero-order valence-electron chi connectivity index (χ0n) is 2.59. The van der Waals surface area contributed by atoms with E-state index in [9.17, 15) is 0 Å². The Morgan fingerprint density at radius 3 is 1.00 bits per heavy atom. The minimum absolute atomic E-state index is 0. The molecule has 0 unspecified atom stereocenters. The molecule has 0 aromatic rings. The molecule has 0 N–H and O–H groups in total. The first-order valence-corrected chi connectivity index (χ1v) is 0. The van der Waals surface area contributed by atoms with Crippen molar-refractivity contribution in [1.82, 2.24) is 0 Å². The Bertz CT molecular complexity index is 8.00. The van der Waals surface area contributed by atoms with Crippen molar-refractivity contribution in [3.05, 3.63) is 0 Å². The van der Waals surface area contributed by atoms with Gasteiger partial charge in [0.2, 0.25) is 0 Å². The predicted octanol–water partition coefficient (Wildman–Crippen LogP) is -0.767. The van der Waals surface area contributed by atoms with E-state index in [2.05, 4.69) is 0 Å². The normalized spacial score (nSPS) is 0. The molecule has 0 saturated carbocycles. The average Bonchev–Trinajstić information content (AvgIpc) is 0. The molecule has 4 heavy (non-hydrogen) atoms. The Kier molecular flexibility index (Phi) is 108. The SMILES string of the molecule is [Al].[Cu].[K].[Zn]. The Balaban J connectivity index is 0. The molecule has 0 nitrogen and oxygen atoms in total. The molecule has 0 heterocycles. The average molecular weight is 195 g/mol. The summed E-state index contributed by atoms with van der Waals surface area (Å²) in [4.78, 5) is 0. The summed E-state index contributed by atoms with van der Waals surface area (Å²) in [7, 11) is 0. The molecular weight excluding hydrogens is 195 g/mol. The van der Waals surface area contributed by atoms with E-state index in [0.29, 0.717) is 0 Å². The third-order valence-corrected chi connectivity index (χ3v) is 0. The second-order valence-electron chi connectivity index (χ2n) is 0. The molecule has 0 aromatic carbocycles. The van der Waals surface area contributed by atoms with Gasteiger partial charge in [0.25, 0.3) is 0 Å². The summed E-state index contributed by atoms with van der Waals surface area (Å²) in [5.41, 5.74) is 0. The van der Waals surface area contributed by atoms with E-state index in [1.807, 2.05) is 0 Å². The van der Waals surface area contributed by atoms with Crippen LogP contribution in [-0.2, 0) is 36.5 Å². The number of rotatable bonds is 0. The van der Waals surface area contributed by atoms with Crippen LogP contribution >= 0.6 is 0 Å². The van der Waals surface area contributed by atoms with Gasteiger partial charge in [-0.2, -0.15) is 0 Å². The quantitative estimate of drug-likeness (QED) is 0.445. The molecule has 0 spiro atoms. The van der Waals surface area contributed by atoms with Gasteiger partial charge in [0.05, 0.1) is 0 Å². The van der Waals surface area contributed by atoms with Crippen LogP contribution in [0.4, 0.5) is 0 Å². The molecule has 0 aliphatic heterocycles. The van der Waals surface area contributed by atoms with Gasteiger partial charge in [-0.3, -0.25) is 0 Å². The molecule has 0 aromatic heterocycles. The van der Waals surface area contributed by atoms with E-state index < -0.39 is 0 Å². The van der Waals surface area contributed by atoms with Gasteiger partial charge in [-0.05, 0) is 0 Å². The fourth-order valence-corrected chi connectivity index (χ4v) is 0. The van der Waals surface area contributed by atoms with Crippen molar-refractivity contribution < 1.29 is 36.5 Å². The summed E-state index contributed by atoms with van der Waals surface area (Å²) in [6, 6.07) is 0. The Morgan fingerprint density at radius 1 is 1.00 bits per heavy atom. The second kappa shape index (κ2) is 16.2. The predicted molar refractivity (Wildman–Crippen MR) is 11.5 cm³/mol. The van der Waals surface area contributed by atoms with Crippen LogP contribution in [0.25, 0.3) is 0 Å². The molecule has 0 bridgehead atoms. The molecular formula is AlCuKZn. The van der Waals surface area contributed by atoms with Crippen LogP contribution in [0.15, 0.2) is 0 Å². The van der Waals surface area contributed by atoms with Crippen LogP contribution in [0.2, 0.25) is 0 Å². The first kappa shape index (κ1) is 26.6. The van der Waals surface area contributed by atoms with Gasteiger partial charge in [-0.1, -0.05) is 0 Å². The third kappa shape index (κ3) is 9.00. The molecule has 0 fully saturated rings. The van der Waals surface area contributed by atoms with E-state index in [1.54, 1.807) is 0 Å². The second-order valence-corrected chi connectivity index (χ2v) is 0. The van der Waals surface area contributed by atoms with E-state index in [0.717, 1.165) is 0 Å². The van der Waals surface area contributed by atoms with Gasteiger partial charge >= 0.3 is 0 Å². The molecule has 0 amide bonds. The number of hydrogen-bond acceptors (Lipinski definition) is 0. The van der Waals surface area contributed by atoms with Gasteiger partial charge in [0.1, 0.15) is 0 Å². The summed E-state index contributed by atoms with van der Waals surface area (Å²) in [5, 5.41) is 0. The fraction of sp³-hybridized carbons (Fsp3) is 0.